The van der Waals surface area contributed by atoms with E-state index in [9.17, 15) is 19.1 Å². The number of hydrogen-bond acceptors (Lipinski definition) is 6. The molecule has 0 radical (unpaired) electrons. The number of phosphoric ester groups is 1. The van der Waals surface area contributed by atoms with Crippen LogP contribution in [0.2, 0.25) is 0 Å². The molecule has 12 heteroatoms. The quantitative estimate of drug-likeness (QED) is 0.369. The van der Waals surface area contributed by atoms with Crippen molar-refractivity contribution in [2.75, 3.05) is 0 Å². The summed E-state index contributed by atoms with van der Waals surface area (Å²) < 4.78 is 66.2. The molecular weight excluding hydrogens is 406 g/mol. The summed E-state index contributed by atoms with van der Waals surface area (Å²) in [4.78, 5) is 16.4. The first-order chi connectivity index (χ1) is 8.00. The van der Waals surface area contributed by atoms with E-state index in [4.69, 9.17) is 14.3 Å². The van der Waals surface area contributed by atoms with Crippen LogP contribution in [0.4, 0.5) is 0 Å². The van der Waals surface area contributed by atoms with Crippen LogP contribution in [0.25, 0.3) is 0 Å². The molecule has 0 fully saturated rings. The van der Waals surface area contributed by atoms with Crippen LogP contribution in [0.15, 0.2) is 23.1 Å². The fourth-order valence-corrected chi connectivity index (χ4v) is 3.22. The Morgan fingerprint density at radius 3 is 2.17 bits per heavy atom. The average molecular weight is 412 g/mol. The molecule has 1 aromatic rings. The van der Waals surface area contributed by atoms with Crippen molar-refractivity contribution in [2.24, 2.45) is 0 Å². The highest BCUT2D eigenvalue weighted by molar-refractivity contribution is 14.2. The predicted molar refractivity (Wildman–Crippen MR) is 63.0 cm³/mol. The van der Waals surface area contributed by atoms with Gasteiger partial charge in [-0.1, -0.05) is 0 Å². The third-order valence-electron chi connectivity index (χ3n) is 1.58. The van der Waals surface area contributed by atoms with Crippen molar-refractivity contribution >= 4 is 37.7 Å². The standard InChI is InChI=1S/C6H6IO9PS/c8-7(9)5-2-1-4(18(13,14)15)3-6(5)16-17(10,11)12/h1-3H,(H2,10,11,12)(H,13,14,15). The molecule has 0 saturated heterocycles. The molecule has 0 aliphatic rings. The van der Waals surface area contributed by atoms with Crippen molar-refractivity contribution in [3.8, 4) is 5.75 Å². The lowest BCUT2D eigenvalue weighted by atomic mass is 10.3. The van der Waals surface area contributed by atoms with Gasteiger partial charge in [-0.05, 0) is 12.1 Å². The maximum atomic E-state index is 10.9. The number of benzene rings is 1. The van der Waals surface area contributed by atoms with E-state index in [0.29, 0.717) is 6.07 Å². The predicted octanol–water partition coefficient (Wildman–Crippen LogP) is 0.772. The van der Waals surface area contributed by atoms with Gasteiger partial charge < -0.3 is 4.52 Å². The highest BCUT2D eigenvalue weighted by atomic mass is 127. The van der Waals surface area contributed by atoms with E-state index in [0.717, 1.165) is 12.1 Å². The monoisotopic (exact) mass is 412 g/mol. The van der Waals surface area contributed by atoms with Crippen LogP contribution in [0.5, 0.6) is 5.75 Å². The van der Waals surface area contributed by atoms with Crippen LogP contribution in [-0.4, -0.2) is 22.8 Å². The van der Waals surface area contributed by atoms with Crippen LogP contribution < -0.4 is 4.52 Å². The molecule has 0 unspecified atom stereocenters. The highest BCUT2D eigenvalue weighted by Gasteiger charge is 2.23. The summed E-state index contributed by atoms with van der Waals surface area (Å²) in [5.74, 6) is -0.825. The third kappa shape index (κ3) is 4.26. The normalized spacial score (nSPS) is 12.7. The fraction of sp³-hybridized carbons (Fsp3) is 0. The third-order valence-corrected chi connectivity index (χ3v) is 4.71. The van der Waals surface area contributed by atoms with Crippen molar-refractivity contribution in [3.63, 3.8) is 0 Å². The van der Waals surface area contributed by atoms with Crippen LogP contribution in [-0.2, 0) is 20.8 Å². The first-order valence-electron chi connectivity index (χ1n) is 3.92. The second kappa shape index (κ2) is 5.19. The van der Waals surface area contributed by atoms with Crippen molar-refractivity contribution in [2.45, 2.75) is 4.90 Å². The zero-order valence-electron chi connectivity index (χ0n) is 8.26. The lowest BCUT2D eigenvalue weighted by Gasteiger charge is -2.09. The van der Waals surface area contributed by atoms with Crippen molar-refractivity contribution in [1.29, 1.82) is 0 Å². The second-order valence-electron chi connectivity index (χ2n) is 2.87. The minimum Gasteiger partial charge on any atom is -0.403 e. The SMILES string of the molecule is O=I(=O)c1ccc(S(=O)(=O)O)cc1OP(=O)(O)O. The second-order valence-corrected chi connectivity index (χ2v) is 7.85. The Morgan fingerprint density at radius 2 is 1.78 bits per heavy atom. The Labute approximate surface area is 108 Å². The lowest BCUT2D eigenvalue weighted by molar-refractivity contribution is 0.282. The molecule has 0 bridgehead atoms. The number of rotatable bonds is 4. The van der Waals surface area contributed by atoms with Crippen LogP contribution in [0, 0.1) is 3.57 Å². The summed E-state index contributed by atoms with van der Waals surface area (Å²) in [5, 5.41) is 0. The zero-order valence-corrected chi connectivity index (χ0v) is 12.1. The Hall–Kier alpha value is -0.590. The molecule has 1 aromatic carbocycles. The topological polar surface area (TPSA) is 155 Å². The van der Waals surface area contributed by atoms with Crippen LogP contribution in [0.3, 0.4) is 0 Å². The van der Waals surface area contributed by atoms with Gasteiger partial charge in [-0.15, -0.1) is 0 Å². The molecule has 0 aliphatic heterocycles. The molecule has 18 heavy (non-hydrogen) atoms. The van der Waals surface area contributed by atoms with Gasteiger partial charge in [-0.3, -0.25) is 14.3 Å². The molecule has 3 N–H and O–H groups in total. The van der Waals surface area contributed by atoms with E-state index in [1.54, 1.807) is 0 Å². The number of halogens is 1. The van der Waals surface area contributed by atoms with E-state index in [2.05, 4.69) is 4.52 Å². The minimum absolute atomic E-state index is 0.518. The zero-order chi connectivity index (χ0) is 14.1. The molecule has 102 valence electrons. The summed E-state index contributed by atoms with van der Waals surface area (Å²) in [5.41, 5.74) is 0. The number of hydrogen-bond donors (Lipinski definition) is 3. The van der Waals surface area contributed by atoms with E-state index in [1.807, 2.05) is 0 Å². The van der Waals surface area contributed by atoms with Crippen molar-refractivity contribution < 1.29 is 38.0 Å². The number of phosphoric acid groups is 1. The Morgan fingerprint density at radius 1 is 1.22 bits per heavy atom. The van der Waals surface area contributed by atoms with Gasteiger partial charge in [-0.2, -0.15) is 8.42 Å². The smallest absolute Gasteiger partial charge is 0.403 e. The fourth-order valence-electron chi connectivity index (χ4n) is 0.970. The molecule has 0 atom stereocenters. The van der Waals surface area contributed by atoms with Crippen LogP contribution >= 0.6 is 27.6 Å². The van der Waals surface area contributed by atoms with E-state index in [-0.39, 0.29) is 0 Å². The van der Waals surface area contributed by atoms with Gasteiger partial charge in [0.05, 0.1) is 4.90 Å². The lowest BCUT2D eigenvalue weighted by Crippen LogP contribution is -2.00. The molecule has 0 aliphatic carbocycles. The Balaban J connectivity index is 3.47. The summed E-state index contributed by atoms with van der Waals surface area (Å²) in [6.07, 6.45) is 0. The van der Waals surface area contributed by atoms with E-state index < -0.39 is 51.9 Å². The molecular formula is C6H6IO9PS. The van der Waals surface area contributed by atoms with Crippen LogP contribution in [0.1, 0.15) is 0 Å². The summed E-state index contributed by atoms with van der Waals surface area (Å²) in [7, 11) is -9.70. The Kier molecular flexibility index (Phi) is 4.46. The summed E-state index contributed by atoms with van der Waals surface area (Å²) in [6.45, 7) is 0. The maximum Gasteiger partial charge on any atom is 0.524 e. The summed E-state index contributed by atoms with van der Waals surface area (Å²) in [6, 6.07) is 2.07. The molecule has 0 aromatic heterocycles. The molecule has 1 rings (SSSR count). The molecule has 0 spiro atoms. The first kappa shape index (κ1) is 15.5. The Bertz CT molecular complexity index is 677. The van der Waals surface area contributed by atoms with Crippen molar-refractivity contribution in [1.82, 2.24) is 0 Å². The summed E-state index contributed by atoms with van der Waals surface area (Å²) >= 11 is -4.15. The van der Waals surface area contributed by atoms with Gasteiger partial charge in [0, 0.05) is 6.07 Å². The molecule has 0 saturated carbocycles. The molecule has 9 nitrogen and oxygen atoms in total. The average Bonchev–Trinajstić information content (AvgIpc) is 2.12. The van der Waals surface area contributed by atoms with E-state index >= 15 is 0 Å². The van der Waals surface area contributed by atoms with Gasteiger partial charge in [0.25, 0.3) is 10.1 Å². The maximum absolute atomic E-state index is 10.9. The molecule has 0 heterocycles. The van der Waals surface area contributed by atoms with E-state index in [1.165, 1.54) is 0 Å². The van der Waals surface area contributed by atoms with Gasteiger partial charge in [0.1, 0.15) is 3.57 Å². The highest BCUT2D eigenvalue weighted by Crippen LogP contribution is 2.42. The van der Waals surface area contributed by atoms with Gasteiger partial charge in [0.15, 0.2) is 5.75 Å². The first-order valence-corrected chi connectivity index (χ1v) is 9.74. The molecule has 0 amide bonds. The minimum atomic E-state index is -5.06. The van der Waals surface area contributed by atoms with Gasteiger partial charge >= 0.3 is 27.6 Å². The van der Waals surface area contributed by atoms with Crippen molar-refractivity contribution in [3.05, 3.63) is 21.8 Å². The largest absolute Gasteiger partial charge is 0.524 e. The van der Waals surface area contributed by atoms with Gasteiger partial charge in [-0.25, -0.2) is 10.7 Å². The van der Waals surface area contributed by atoms with Gasteiger partial charge in [0.2, 0.25) is 0 Å².